The Labute approximate surface area is 242 Å². The zero-order valence-corrected chi connectivity index (χ0v) is 25.8. The van der Waals surface area contributed by atoms with Crippen LogP contribution in [0.1, 0.15) is 102 Å². The molecule has 1 N–H and O–H groups in total. The molecule has 228 valence electrons. The third kappa shape index (κ3) is 17.2. The highest BCUT2D eigenvalue weighted by Gasteiger charge is 2.25. The molecule has 8 nitrogen and oxygen atoms in total. The van der Waals surface area contributed by atoms with Crippen molar-refractivity contribution in [2.24, 2.45) is 4.99 Å². The molecule has 0 amide bonds. The molecule has 1 aliphatic heterocycles. The minimum atomic E-state index is -4.31. The number of unbranched alkanes of at least 4 members (excludes halogenated alkanes) is 13. The van der Waals surface area contributed by atoms with Gasteiger partial charge in [0.05, 0.1) is 19.6 Å². The van der Waals surface area contributed by atoms with Crippen LogP contribution in [-0.4, -0.2) is 55.7 Å². The van der Waals surface area contributed by atoms with Crippen LogP contribution >= 0.6 is 7.82 Å². The van der Waals surface area contributed by atoms with Crippen molar-refractivity contribution in [2.75, 3.05) is 33.5 Å². The summed E-state index contributed by atoms with van der Waals surface area (Å²) in [5.41, 5.74) is 0.936. The summed E-state index contributed by atoms with van der Waals surface area (Å²) in [5, 5.41) is 0. The quantitative estimate of drug-likeness (QED) is 0.0924. The molecule has 0 fully saturated rings. The van der Waals surface area contributed by atoms with E-state index in [4.69, 9.17) is 18.5 Å². The predicted molar refractivity (Wildman–Crippen MR) is 163 cm³/mol. The summed E-state index contributed by atoms with van der Waals surface area (Å²) >= 11 is 0. The highest BCUT2D eigenvalue weighted by atomic mass is 31.2. The fourth-order valence-corrected chi connectivity index (χ4v) is 5.39. The zero-order chi connectivity index (χ0) is 28.7. The molecular weight excluding hydrogens is 527 g/mol. The van der Waals surface area contributed by atoms with E-state index in [9.17, 15) is 9.46 Å². The van der Waals surface area contributed by atoms with Crippen LogP contribution in [0.5, 0.6) is 5.75 Å². The summed E-state index contributed by atoms with van der Waals surface area (Å²) < 4.78 is 34.1. The minimum Gasteiger partial charge on any atom is -0.404 e. The van der Waals surface area contributed by atoms with Gasteiger partial charge in [0.15, 0.2) is 0 Å². The van der Waals surface area contributed by atoms with Crippen molar-refractivity contribution < 1.29 is 28.0 Å². The second-order valence-corrected chi connectivity index (χ2v) is 12.0. The second-order valence-electron chi connectivity index (χ2n) is 10.6. The monoisotopic (exact) mass is 580 g/mol. The van der Waals surface area contributed by atoms with Gasteiger partial charge in [-0.2, -0.15) is 0 Å². The molecule has 2 unspecified atom stereocenters. The SMILES string of the molecule is CCCCCCCCCCCCCCCCOCC(COP(=O)(O)Oc1cccc(CN2C=NC=CC2)c1)OC. The Balaban J connectivity index is 1.49. The number of methoxy groups -OCH3 is 1. The van der Waals surface area contributed by atoms with Gasteiger partial charge in [0.2, 0.25) is 0 Å². The van der Waals surface area contributed by atoms with Crippen LogP contribution in [0.3, 0.4) is 0 Å². The number of nitrogens with zero attached hydrogens (tertiary/aromatic N) is 2. The lowest BCUT2D eigenvalue weighted by atomic mass is 10.0. The highest BCUT2D eigenvalue weighted by molar-refractivity contribution is 7.47. The minimum absolute atomic E-state index is 0.0979. The maximum atomic E-state index is 12.5. The van der Waals surface area contributed by atoms with Crippen LogP contribution in [0.15, 0.2) is 41.5 Å². The predicted octanol–water partition coefficient (Wildman–Crippen LogP) is 8.05. The van der Waals surface area contributed by atoms with Gasteiger partial charge in [0, 0.05) is 33.0 Å². The van der Waals surface area contributed by atoms with E-state index in [1.807, 2.05) is 17.0 Å². The molecule has 0 aromatic heterocycles. The number of phosphoric acid groups is 1. The van der Waals surface area contributed by atoms with Gasteiger partial charge in [-0.05, 0) is 30.2 Å². The molecule has 1 aliphatic rings. The van der Waals surface area contributed by atoms with Gasteiger partial charge in [0.1, 0.15) is 11.9 Å². The molecular formula is C31H53N2O6P. The maximum absolute atomic E-state index is 12.5. The Kier molecular flexibility index (Phi) is 18.9. The molecule has 0 radical (unpaired) electrons. The van der Waals surface area contributed by atoms with Crippen molar-refractivity contribution in [2.45, 2.75) is 109 Å². The second kappa shape index (κ2) is 22.0. The smallest absolute Gasteiger partial charge is 0.404 e. The van der Waals surface area contributed by atoms with Crippen molar-refractivity contribution in [3.8, 4) is 5.75 Å². The molecule has 9 heteroatoms. The van der Waals surface area contributed by atoms with Crippen LogP contribution in [0.25, 0.3) is 0 Å². The first kappa shape index (κ1) is 34.5. The van der Waals surface area contributed by atoms with E-state index in [-0.39, 0.29) is 12.4 Å². The van der Waals surface area contributed by atoms with Crippen LogP contribution in [0, 0.1) is 0 Å². The average molecular weight is 581 g/mol. The molecule has 0 bridgehead atoms. The molecule has 1 heterocycles. The van der Waals surface area contributed by atoms with Crippen molar-refractivity contribution in [1.82, 2.24) is 4.90 Å². The first-order valence-corrected chi connectivity index (χ1v) is 16.8. The van der Waals surface area contributed by atoms with Crippen molar-refractivity contribution in [3.63, 3.8) is 0 Å². The van der Waals surface area contributed by atoms with E-state index < -0.39 is 13.9 Å². The molecule has 0 saturated carbocycles. The third-order valence-corrected chi connectivity index (χ3v) is 7.89. The fraction of sp³-hybridized carbons (Fsp3) is 0.710. The number of phosphoric ester groups is 1. The van der Waals surface area contributed by atoms with E-state index in [0.29, 0.717) is 19.8 Å². The number of benzene rings is 1. The van der Waals surface area contributed by atoms with E-state index in [1.54, 1.807) is 30.7 Å². The molecule has 1 aromatic carbocycles. The Morgan fingerprint density at radius 3 is 2.20 bits per heavy atom. The molecule has 2 atom stereocenters. The maximum Gasteiger partial charge on any atom is 0.527 e. The van der Waals surface area contributed by atoms with E-state index in [0.717, 1.165) is 24.9 Å². The Bertz CT molecular complexity index is 881. The Morgan fingerprint density at radius 2 is 1.60 bits per heavy atom. The molecule has 40 heavy (non-hydrogen) atoms. The van der Waals surface area contributed by atoms with Gasteiger partial charge in [0.25, 0.3) is 0 Å². The lowest BCUT2D eigenvalue weighted by molar-refractivity contribution is -0.0197. The van der Waals surface area contributed by atoms with Crippen LogP contribution < -0.4 is 4.52 Å². The van der Waals surface area contributed by atoms with Crippen molar-refractivity contribution >= 4 is 14.2 Å². The topological polar surface area (TPSA) is 89.8 Å². The van der Waals surface area contributed by atoms with Crippen molar-refractivity contribution in [1.29, 1.82) is 0 Å². The summed E-state index contributed by atoms with van der Waals surface area (Å²) in [4.78, 5) is 16.3. The highest BCUT2D eigenvalue weighted by Crippen LogP contribution is 2.44. The molecule has 2 rings (SSSR count). The standard InChI is InChI=1S/C31H53N2O6P/c1-3-4-5-6-7-8-9-10-11-12-13-14-15-16-23-37-26-31(36-2)27-38-40(34,35)39-30-20-17-19-29(24-30)25-33-22-18-21-32-28-33/h17-21,24,28,31H,3-16,22-23,25-27H2,1-2H3,(H,34,35). The van der Waals surface area contributed by atoms with E-state index in [2.05, 4.69) is 11.9 Å². The normalized spacial score (nSPS) is 15.3. The fourth-order valence-electron chi connectivity index (χ4n) is 4.60. The number of hydrogen-bond acceptors (Lipinski definition) is 7. The van der Waals surface area contributed by atoms with Gasteiger partial charge in [-0.25, -0.2) is 9.56 Å². The third-order valence-electron chi connectivity index (χ3n) is 6.97. The van der Waals surface area contributed by atoms with Crippen LogP contribution in [-0.2, 0) is 25.1 Å². The first-order chi connectivity index (χ1) is 19.5. The number of rotatable bonds is 25. The Hall–Kier alpha value is -1.70. The van der Waals surface area contributed by atoms with Gasteiger partial charge in [-0.15, -0.1) is 0 Å². The average Bonchev–Trinajstić information content (AvgIpc) is 2.95. The van der Waals surface area contributed by atoms with Gasteiger partial charge in [-0.3, -0.25) is 9.42 Å². The summed E-state index contributed by atoms with van der Waals surface area (Å²) in [6.45, 7) is 4.50. The summed E-state index contributed by atoms with van der Waals surface area (Å²) in [6, 6.07) is 7.07. The largest absolute Gasteiger partial charge is 0.527 e. The number of hydrogen-bond donors (Lipinski definition) is 1. The summed E-state index contributed by atoms with van der Waals surface area (Å²) in [5.74, 6) is 0.274. The van der Waals surface area contributed by atoms with E-state index in [1.165, 1.54) is 84.2 Å². The van der Waals surface area contributed by atoms with Crippen LogP contribution in [0.2, 0.25) is 0 Å². The molecule has 0 aliphatic carbocycles. The molecule has 0 saturated heterocycles. The lowest BCUT2D eigenvalue weighted by Gasteiger charge is -2.20. The zero-order valence-electron chi connectivity index (χ0n) is 24.9. The first-order valence-electron chi connectivity index (χ1n) is 15.3. The molecule has 0 spiro atoms. The number of aliphatic imine (C=N–C) groups is 1. The lowest BCUT2D eigenvalue weighted by Crippen LogP contribution is -2.24. The van der Waals surface area contributed by atoms with Gasteiger partial charge in [-0.1, -0.05) is 103 Å². The summed E-state index contributed by atoms with van der Waals surface area (Å²) in [6.07, 6.45) is 23.5. The summed E-state index contributed by atoms with van der Waals surface area (Å²) in [7, 11) is -2.77. The number of ether oxygens (including phenoxy) is 2. The van der Waals surface area contributed by atoms with Crippen molar-refractivity contribution in [3.05, 3.63) is 42.1 Å². The van der Waals surface area contributed by atoms with E-state index >= 15 is 0 Å². The van der Waals surface area contributed by atoms with Gasteiger partial charge < -0.3 is 18.9 Å². The Morgan fingerprint density at radius 1 is 0.950 bits per heavy atom. The van der Waals surface area contributed by atoms with Crippen LogP contribution in [0.4, 0.5) is 0 Å². The molecule has 1 aromatic rings. The van der Waals surface area contributed by atoms with Gasteiger partial charge >= 0.3 is 7.82 Å².